The lowest BCUT2D eigenvalue weighted by Gasteiger charge is -2.58. The maximum Gasteiger partial charge on any atom is 0.171 e. The zero-order valence-corrected chi connectivity index (χ0v) is 19.5. The van der Waals surface area contributed by atoms with E-state index in [1.165, 1.54) is 38.5 Å². The lowest BCUT2D eigenvalue weighted by molar-refractivity contribution is -0.272. The van der Waals surface area contributed by atoms with Crippen molar-refractivity contribution in [2.45, 2.75) is 103 Å². The van der Waals surface area contributed by atoms with E-state index < -0.39 is 0 Å². The van der Waals surface area contributed by atoms with Crippen molar-refractivity contribution in [2.75, 3.05) is 6.61 Å². The van der Waals surface area contributed by atoms with Crippen molar-refractivity contribution in [3.8, 4) is 0 Å². The number of aliphatic hydroxyl groups is 1. The maximum atomic E-state index is 10.3. The number of ether oxygens (including phenoxy) is 2. The number of allylic oxidation sites excluding steroid dienone is 1. The largest absolute Gasteiger partial charge is 0.393 e. The highest BCUT2D eigenvalue weighted by molar-refractivity contribution is 5.26. The molecule has 0 radical (unpaired) electrons. The molecule has 1 spiro atoms. The summed E-state index contributed by atoms with van der Waals surface area (Å²) < 4.78 is 13.3. The van der Waals surface area contributed by atoms with Crippen molar-refractivity contribution in [1.82, 2.24) is 0 Å². The SMILES string of the molecule is CC1[C@H]2[C@H](C[C@H]3[C@@H]4CC=C5C[C@@H](O)CC[C@]5(C)[C@H]4CC[C@@]32C)O[C@]12CC[C@@H](C)CO2. The minimum atomic E-state index is -0.294. The van der Waals surface area contributed by atoms with E-state index in [4.69, 9.17) is 9.47 Å². The molecule has 2 heterocycles. The van der Waals surface area contributed by atoms with Gasteiger partial charge in [0, 0.05) is 12.3 Å². The molecule has 0 amide bonds. The molecule has 3 nitrogen and oxygen atoms in total. The predicted octanol–water partition coefficient (Wildman–Crippen LogP) is 5.71. The molecule has 0 aromatic rings. The van der Waals surface area contributed by atoms with E-state index in [0.717, 1.165) is 43.6 Å². The Balaban J connectivity index is 1.28. The van der Waals surface area contributed by atoms with Crippen molar-refractivity contribution >= 4 is 0 Å². The van der Waals surface area contributed by atoms with Gasteiger partial charge in [0.25, 0.3) is 0 Å². The minimum Gasteiger partial charge on any atom is -0.393 e. The van der Waals surface area contributed by atoms with E-state index in [1.807, 2.05) is 0 Å². The summed E-state index contributed by atoms with van der Waals surface area (Å²) in [6.45, 7) is 10.8. The molecule has 4 aliphatic carbocycles. The van der Waals surface area contributed by atoms with E-state index in [-0.39, 0.29) is 11.9 Å². The second-order valence-corrected chi connectivity index (χ2v) is 12.7. The van der Waals surface area contributed by atoms with Gasteiger partial charge in [-0.3, -0.25) is 0 Å². The minimum absolute atomic E-state index is 0.107. The summed E-state index contributed by atoms with van der Waals surface area (Å²) in [6.07, 6.45) is 13.5. The number of fused-ring (bicyclic) bond motifs is 7. The first-order valence-corrected chi connectivity index (χ1v) is 13.0. The lowest BCUT2D eigenvalue weighted by Crippen LogP contribution is -2.52. The molecule has 168 valence electrons. The quantitative estimate of drug-likeness (QED) is 0.516. The topological polar surface area (TPSA) is 38.7 Å². The fraction of sp³-hybridized carbons (Fsp3) is 0.926. The van der Waals surface area contributed by atoms with E-state index in [2.05, 4.69) is 33.8 Å². The average molecular weight is 415 g/mol. The number of hydrogen-bond donors (Lipinski definition) is 1. The molecule has 6 rings (SSSR count). The van der Waals surface area contributed by atoms with Crippen LogP contribution in [0.25, 0.3) is 0 Å². The van der Waals surface area contributed by atoms with Gasteiger partial charge in [-0.15, -0.1) is 0 Å². The molecule has 3 saturated carbocycles. The van der Waals surface area contributed by atoms with Crippen LogP contribution in [0.5, 0.6) is 0 Å². The first-order chi connectivity index (χ1) is 14.3. The van der Waals surface area contributed by atoms with Gasteiger partial charge in [0.1, 0.15) is 0 Å². The van der Waals surface area contributed by atoms with Gasteiger partial charge in [-0.2, -0.15) is 0 Å². The lowest BCUT2D eigenvalue weighted by atomic mass is 9.47. The Morgan fingerprint density at radius 2 is 1.87 bits per heavy atom. The van der Waals surface area contributed by atoms with Crippen molar-refractivity contribution in [2.24, 2.45) is 46.3 Å². The zero-order chi connectivity index (χ0) is 20.9. The maximum absolute atomic E-state index is 10.3. The summed E-state index contributed by atoms with van der Waals surface area (Å²) >= 11 is 0. The molecule has 11 atom stereocenters. The van der Waals surface area contributed by atoms with Crippen LogP contribution < -0.4 is 0 Å². The Morgan fingerprint density at radius 3 is 2.63 bits per heavy atom. The second kappa shape index (κ2) is 6.58. The van der Waals surface area contributed by atoms with Gasteiger partial charge in [0.05, 0.1) is 18.8 Å². The van der Waals surface area contributed by atoms with Gasteiger partial charge in [0.2, 0.25) is 0 Å². The van der Waals surface area contributed by atoms with Crippen LogP contribution in [-0.2, 0) is 9.47 Å². The van der Waals surface area contributed by atoms with Crippen LogP contribution in [0.2, 0.25) is 0 Å². The van der Waals surface area contributed by atoms with Gasteiger partial charge < -0.3 is 14.6 Å². The number of aliphatic hydroxyl groups excluding tert-OH is 1. The molecule has 5 fully saturated rings. The van der Waals surface area contributed by atoms with Crippen molar-refractivity contribution < 1.29 is 14.6 Å². The summed E-state index contributed by atoms with van der Waals surface area (Å²) in [5.74, 6) is 3.94. The third-order valence-electron chi connectivity index (χ3n) is 11.3. The highest BCUT2D eigenvalue weighted by Crippen LogP contribution is 2.70. The van der Waals surface area contributed by atoms with Gasteiger partial charge in [0.15, 0.2) is 5.79 Å². The zero-order valence-electron chi connectivity index (χ0n) is 19.5. The molecular formula is C27H42O3. The van der Waals surface area contributed by atoms with Gasteiger partial charge in [-0.1, -0.05) is 39.3 Å². The van der Waals surface area contributed by atoms with Crippen LogP contribution in [0.15, 0.2) is 11.6 Å². The van der Waals surface area contributed by atoms with Crippen molar-refractivity contribution in [3.05, 3.63) is 11.6 Å². The average Bonchev–Trinajstić information content (AvgIpc) is 3.16. The third-order valence-corrected chi connectivity index (χ3v) is 11.3. The molecular weight excluding hydrogens is 372 g/mol. The third kappa shape index (κ3) is 2.55. The van der Waals surface area contributed by atoms with Crippen molar-refractivity contribution in [3.63, 3.8) is 0 Å². The molecule has 1 N–H and O–H groups in total. The predicted molar refractivity (Wildman–Crippen MR) is 118 cm³/mol. The summed E-state index contributed by atoms with van der Waals surface area (Å²) in [7, 11) is 0. The molecule has 30 heavy (non-hydrogen) atoms. The summed E-state index contributed by atoms with van der Waals surface area (Å²) in [6, 6.07) is 0. The van der Waals surface area contributed by atoms with Gasteiger partial charge >= 0.3 is 0 Å². The first-order valence-electron chi connectivity index (χ1n) is 13.0. The highest BCUT2D eigenvalue weighted by atomic mass is 16.7. The van der Waals surface area contributed by atoms with Crippen LogP contribution in [0.4, 0.5) is 0 Å². The summed E-state index contributed by atoms with van der Waals surface area (Å²) in [4.78, 5) is 0. The molecule has 2 aliphatic heterocycles. The van der Waals surface area contributed by atoms with Crippen LogP contribution in [0.1, 0.15) is 85.5 Å². The highest BCUT2D eigenvalue weighted by Gasteiger charge is 2.68. The normalized spacial score (nSPS) is 59.8. The second-order valence-electron chi connectivity index (χ2n) is 12.7. The molecule has 3 heteroatoms. The number of rotatable bonds is 0. The fourth-order valence-corrected chi connectivity index (χ4v) is 9.66. The fourth-order valence-electron chi connectivity index (χ4n) is 9.66. The van der Waals surface area contributed by atoms with Crippen LogP contribution in [0.3, 0.4) is 0 Å². The Hall–Kier alpha value is -0.380. The Kier molecular flexibility index (Phi) is 4.44. The molecule has 0 aromatic heterocycles. The Labute approximate surface area is 183 Å². The smallest absolute Gasteiger partial charge is 0.171 e. The Bertz CT molecular complexity index is 736. The van der Waals surface area contributed by atoms with Crippen molar-refractivity contribution in [1.29, 1.82) is 0 Å². The van der Waals surface area contributed by atoms with Crippen LogP contribution >= 0.6 is 0 Å². The first kappa shape index (κ1) is 20.2. The molecule has 1 unspecified atom stereocenters. The van der Waals surface area contributed by atoms with E-state index in [0.29, 0.717) is 34.7 Å². The molecule has 2 saturated heterocycles. The monoisotopic (exact) mass is 414 g/mol. The number of hydrogen-bond acceptors (Lipinski definition) is 3. The van der Waals surface area contributed by atoms with E-state index >= 15 is 0 Å². The molecule has 6 aliphatic rings. The van der Waals surface area contributed by atoms with Gasteiger partial charge in [-0.05, 0) is 91.8 Å². The standard InChI is InChI=1S/C27H42O3/c1-16-7-12-27(29-15-16)17(2)24-23(30-27)14-22-20-6-5-18-13-19(28)8-10-25(18,3)21(20)9-11-26(22,24)4/h5,16-17,19-24,28H,6-15H2,1-4H3/t16-,17?,19+,20-,21+,22+,23+,24+,25+,26+,27-/m1/s1. The Morgan fingerprint density at radius 1 is 1.03 bits per heavy atom. The summed E-state index contributed by atoms with van der Waals surface area (Å²) in [5.41, 5.74) is 2.31. The van der Waals surface area contributed by atoms with Crippen LogP contribution in [-0.4, -0.2) is 29.7 Å². The summed E-state index contributed by atoms with van der Waals surface area (Å²) in [5, 5.41) is 10.3. The molecule has 0 bridgehead atoms. The molecule has 0 aromatic carbocycles. The van der Waals surface area contributed by atoms with Gasteiger partial charge in [-0.25, -0.2) is 0 Å². The van der Waals surface area contributed by atoms with Crippen LogP contribution in [0, 0.1) is 46.3 Å². The van der Waals surface area contributed by atoms with E-state index in [1.54, 1.807) is 5.57 Å². The van der Waals surface area contributed by atoms with E-state index in [9.17, 15) is 5.11 Å².